The van der Waals surface area contributed by atoms with E-state index in [0.29, 0.717) is 24.6 Å². The van der Waals surface area contributed by atoms with Gasteiger partial charge in [-0.15, -0.1) is 0 Å². The van der Waals surface area contributed by atoms with Crippen LogP contribution in [0.3, 0.4) is 0 Å². The van der Waals surface area contributed by atoms with Crippen molar-refractivity contribution >= 4 is 22.8 Å². The van der Waals surface area contributed by atoms with Crippen molar-refractivity contribution in [2.24, 2.45) is 0 Å². The number of aromatic nitrogens is 4. The van der Waals surface area contributed by atoms with E-state index in [1.807, 2.05) is 66.2 Å². The van der Waals surface area contributed by atoms with Gasteiger partial charge in [-0.05, 0) is 62.2 Å². The molecular formula is C27H29N7O2. The Balaban J connectivity index is 1.47. The highest BCUT2D eigenvalue weighted by Gasteiger charge is 2.30. The molecule has 184 valence electrons. The van der Waals surface area contributed by atoms with Crippen molar-refractivity contribution in [3.8, 4) is 22.8 Å². The van der Waals surface area contributed by atoms with E-state index >= 15 is 0 Å². The summed E-state index contributed by atoms with van der Waals surface area (Å²) in [7, 11) is 0. The van der Waals surface area contributed by atoms with Gasteiger partial charge in [-0.25, -0.2) is 19.7 Å². The fourth-order valence-electron chi connectivity index (χ4n) is 4.71. The number of hydrogen-bond acceptors (Lipinski definition) is 7. The maximum absolute atomic E-state index is 12.4. The SMILES string of the molecule is C=CC(=O)N(CC)N1CCCC(n2nc(-c3ccc(Oc4ccccc4)cc3)c3c(N)ncnc32)C1. The molecule has 9 nitrogen and oxygen atoms in total. The topological polar surface area (TPSA) is 102 Å². The van der Waals surface area contributed by atoms with Gasteiger partial charge in [0.15, 0.2) is 5.65 Å². The van der Waals surface area contributed by atoms with Crippen molar-refractivity contribution in [2.45, 2.75) is 25.8 Å². The summed E-state index contributed by atoms with van der Waals surface area (Å²) < 4.78 is 7.87. The lowest BCUT2D eigenvalue weighted by molar-refractivity contribution is -0.146. The molecule has 0 radical (unpaired) electrons. The van der Waals surface area contributed by atoms with E-state index in [1.165, 1.54) is 12.4 Å². The number of likely N-dealkylation sites (N-methyl/N-ethyl adjacent to an activating group) is 1. The van der Waals surface area contributed by atoms with Gasteiger partial charge >= 0.3 is 0 Å². The number of para-hydroxylation sites is 1. The van der Waals surface area contributed by atoms with Gasteiger partial charge in [-0.1, -0.05) is 24.8 Å². The zero-order chi connectivity index (χ0) is 25.1. The van der Waals surface area contributed by atoms with Crippen LogP contribution in [-0.2, 0) is 4.79 Å². The lowest BCUT2D eigenvalue weighted by atomic mass is 10.1. The third-order valence-corrected chi connectivity index (χ3v) is 6.42. The lowest BCUT2D eigenvalue weighted by Crippen LogP contribution is -2.50. The molecule has 0 saturated carbocycles. The average molecular weight is 484 g/mol. The zero-order valence-electron chi connectivity index (χ0n) is 20.2. The lowest BCUT2D eigenvalue weighted by Gasteiger charge is -2.39. The first kappa shape index (κ1) is 23.5. The smallest absolute Gasteiger partial charge is 0.260 e. The summed E-state index contributed by atoms with van der Waals surface area (Å²) >= 11 is 0. The molecule has 36 heavy (non-hydrogen) atoms. The summed E-state index contributed by atoms with van der Waals surface area (Å²) in [6.45, 7) is 7.62. The Morgan fingerprint density at radius 1 is 1.17 bits per heavy atom. The summed E-state index contributed by atoms with van der Waals surface area (Å²) in [4.78, 5) is 21.1. The molecule has 9 heteroatoms. The van der Waals surface area contributed by atoms with Gasteiger partial charge in [0.1, 0.15) is 29.3 Å². The molecule has 1 fully saturated rings. The van der Waals surface area contributed by atoms with Crippen LogP contribution >= 0.6 is 0 Å². The van der Waals surface area contributed by atoms with Gasteiger partial charge in [-0.2, -0.15) is 5.10 Å². The second-order valence-electron chi connectivity index (χ2n) is 8.66. The van der Waals surface area contributed by atoms with E-state index in [0.717, 1.165) is 47.5 Å². The Hall–Kier alpha value is -4.24. The Bertz CT molecular complexity index is 1370. The number of piperidine rings is 1. The van der Waals surface area contributed by atoms with Gasteiger partial charge < -0.3 is 10.5 Å². The van der Waals surface area contributed by atoms with Crippen molar-refractivity contribution in [1.29, 1.82) is 0 Å². The summed E-state index contributed by atoms with van der Waals surface area (Å²) in [5.41, 5.74) is 8.62. The van der Waals surface area contributed by atoms with Crippen molar-refractivity contribution in [1.82, 2.24) is 29.8 Å². The maximum Gasteiger partial charge on any atom is 0.260 e. The maximum atomic E-state index is 12.4. The molecule has 1 unspecified atom stereocenters. The van der Waals surface area contributed by atoms with Gasteiger partial charge in [-0.3, -0.25) is 9.80 Å². The molecule has 2 N–H and O–H groups in total. The number of carbonyl (C=O) groups excluding carboxylic acids is 1. The van der Waals surface area contributed by atoms with Crippen molar-refractivity contribution in [2.75, 3.05) is 25.4 Å². The molecular weight excluding hydrogens is 454 g/mol. The Morgan fingerprint density at radius 2 is 1.92 bits per heavy atom. The molecule has 1 aliphatic rings. The van der Waals surface area contributed by atoms with E-state index in [1.54, 1.807) is 5.01 Å². The Labute approximate surface area is 209 Å². The third kappa shape index (κ3) is 4.52. The number of nitrogens with two attached hydrogens (primary N) is 1. The van der Waals surface area contributed by atoms with Crippen LogP contribution in [0.2, 0.25) is 0 Å². The number of ether oxygens (including phenoxy) is 1. The minimum atomic E-state index is -0.103. The molecule has 0 aliphatic carbocycles. The van der Waals surface area contributed by atoms with E-state index in [2.05, 4.69) is 21.6 Å². The first-order valence-corrected chi connectivity index (χ1v) is 12.1. The molecule has 4 aromatic rings. The summed E-state index contributed by atoms with van der Waals surface area (Å²) in [5, 5.41) is 9.52. The standard InChI is InChI=1S/C27H29N7O2/c1-3-23(35)33(4-2)32-16-8-9-20(17-32)34-27-24(26(28)29-18-30-27)25(31-34)19-12-14-22(15-13-19)36-21-10-6-5-7-11-21/h3,5-7,10-15,18,20H,1,4,8-9,16-17H2,2H3,(H2,28,29,30). The molecule has 0 bridgehead atoms. The van der Waals surface area contributed by atoms with E-state index in [4.69, 9.17) is 15.6 Å². The van der Waals surface area contributed by atoms with Crippen LogP contribution in [0.4, 0.5) is 5.82 Å². The van der Waals surface area contributed by atoms with Crippen molar-refractivity contribution in [3.05, 3.63) is 73.6 Å². The van der Waals surface area contributed by atoms with Crippen molar-refractivity contribution < 1.29 is 9.53 Å². The van der Waals surface area contributed by atoms with Gasteiger partial charge in [0, 0.05) is 25.2 Å². The fourth-order valence-corrected chi connectivity index (χ4v) is 4.71. The number of fused-ring (bicyclic) bond motifs is 1. The van der Waals surface area contributed by atoms with Gasteiger partial charge in [0.05, 0.1) is 11.4 Å². The minimum Gasteiger partial charge on any atom is -0.457 e. The largest absolute Gasteiger partial charge is 0.457 e. The first-order valence-electron chi connectivity index (χ1n) is 12.1. The first-order chi connectivity index (χ1) is 17.6. The number of amides is 1. The predicted molar refractivity (Wildman–Crippen MR) is 139 cm³/mol. The Kier molecular flexibility index (Phi) is 6.64. The highest BCUT2D eigenvalue weighted by atomic mass is 16.5. The molecule has 1 aliphatic heterocycles. The van der Waals surface area contributed by atoms with Crippen LogP contribution in [0.5, 0.6) is 11.5 Å². The predicted octanol–water partition coefficient (Wildman–Crippen LogP) is 4.45. The summed E-state index contributed by atoms with van der Waals surface area (Å²) in [5.74, 6) is 1.78. The van der Waals surface area contributed by atoms with Gasteiger partial charge in [0.2, 0.25) is 0 Å². The molecule has 5 rings (SSSR count). The highest BCUT2D eigenvalue weighted by Crippen LogP contribution is 2.35. The summed E-state index contributed by atoms with van der Waals surface area (Å²) in [6, 6.07) is 17.4. The van der Waals surface area contributed by atoms with E-state index < -0.39 is 0 Å². The van der Waals surface area contributed by atoms with Crippen LogP contribution in [0.15, 0.2) is 73.6 Å². The van der Waals surface area contributed by atoms with E-state index in [9.17, 15) is 4.79 Å². The molecule has 1 atom stereocenters. The number of anilines is 1. The second-order valence-corrected chi connectivity index (χ2v) is 8.66. The quantitative estimate of drug-likeness (QED) is 0.387. The van der Waals surface area contributed by atoms with Crippen LogP contribution in [-0.4, -0.2) is 55.3 Å². The molecule has 3 heterocycles. The normalized spacial score (nSPS) is 16.1. The van der Waals surface area contributed by atoms with Crippen LogP contribution in [0.1, 0.15) is 25.8 Å². The molecule has 1 saturated heterocycles. The number of carbonyl (C=O) groups is 1. The number of nitrogen functional groups attached to an aromatic ring is 1. The van der Waals surface area contributed by atoms with E-state index in [-0.39, 0.29) is 11.9 Å². The molecule has 2 aromatic heterocycles. The zero-order valence-corrected chi connectivity index (χ0v) is 20.2. The molecule has 2 aromatic carbocycles. The van der Waals surface area contributed by atoms with Crippen LogP contribution < -0.4 is 10.5 Å². The molecule has 1 amide bonds. The number of hydrazine groups is 1. The summed E-state index contributed by atoms with van der Waals surface area (Å²) in [6.07, 6.45) is 4.67. The third-order valence-electron chi connectivity index (χ3n) is 6.42. The van der Waals surface area contributed by atoms with Gasteiger partial charge in [0.25, 0.3) is 5.91 Å². The Morgan fingerprint density at radius 3 is 2.64 bits per heavy atom. The minimum absolute atomic E-state index is 0.0247. The fraction of sp³-hybridized carbons (Fsp3) is 0.259. The number of hydrogen-bond donors (Lipinski definition) is 1. The highest BCUT2D eigenvalue weighted by molar-refractivity contribution is 5.98. The average Bonchev–Trinajstić information content (AvgIpc) is 3.31. The second kappa shape index (κ2) is 10.2. The number of nitrogens with zero attached hydrogens (tertiary/aromatic N) is 6. The number of rotatable bonds is 7. The van der Waals surface area contributed by atoms with Crippen molar-refractivity contribution in [3.63, 3.8) is 0 Å². The van der Waals surface area contributed by atoms with Crippen LogP contribution in [0.25, 0.3) is 22.3 Å². The monoisotopic (exact) mass is 483 g/mol. The number of benzene rings is 2. The van der Waals surface area contributed by atoms with Crippen LogP contribution in [0, 0.1) is 0 Å². The molecule has 0 spiro atoms.